The van der Waals surface area contributed by atoms with Crippen LogP contribution in [0.15, 0.2) is 54.6 Å². The Morgan fingerprint density at radius 1 is 0.875 bits per heavy atom. The van der Waals surface area contributed by atoms with E-state index in [1.807, 2.05) is 30.3 Å². The Labute approximate surface area is 98.7 Å². The summed E-state index contributed by atoms with van der Waals surface area (Å²) in [6.07, 6.45) is 0. The lowest BCUT2D eigenvalue weighted by molar-refractivity contribution is 1.45. The molecule has 2 aromatic carbocycles. The van der Waals surface area contributed by atoms with Crippen LogP contribution in [0.1, 0.15) is 0 Å². The number of aromatic amines is 1. The van der Waals surface area contributed by atoms with Gasteiger partial charge in [-0.3, -0.25) is 0 Å². The molecule has 3 rings (SSSR count). The molecule has 0 atom stereocenters. The highest BCUT2D eigenvalue weighted by Gasteiger charge is 2.04. The predicted molar refractivity (Wildman–Crippen MR) is 68.7 cm³/mol. The van der Waals surface area contributed by atoms with Gasteiger partial charge in [0.2, 0.25) is 0 Å². The van der Waals surface area contributed by atoms with E-state index in [1.165, 1.54) is 5.56 Å². The number of H-pyrrole nitrogens is 1. The van der Waals surface area contributed by atoms with Crippen LogP contribution < -0.4 is 0 Å². The second kappa shape index (κ2) is 3.69. The largest absolute Gasteiger partial charge is 0.353 e. The van der Waals surface area contributed by atoms with E-state index in [1.54, 1.807) is 0 Å². The topological polar surface area (TPSA) is 15.8 Å². The standard InChI is InChI=1S/C14H10ClN/c15-12-8-4-7-11-9-13(16-14(11)12)10-5-2-1-3-6-10/h1-9,16H. The molecule has 78 valence electrons. The molecule has 0 unspecified atom stereocenters. The van der Waals surface area contributed by atoms with Crippen LogP contribution in [0.5, 0.6) is 0 Å². The lowest BCUT2D eigenvalue weighted by Gasteiger charge is -1.95. The lowest BCUT2D eigenvalue weighted by Crippen LogP contribution is -1.75. The van der Waals surface area contributed by atoms with E-state index >= 15 is 0 Å². The number of aromatic nitrogens is 1. The van der Waals surface area contributed by atoms with E-state index in [9.17, 15) is 0 Å². The van der Waals surface area contributed by atoms with Crippen LogP contribution in [0.4, 0.5) is 0 Å². The number of rotatable bonds is 1. The molecule has 1 nitrogen and oxygen atoms in total. The summed E-state index contributed by atoms with van der Waals surface area (Å²) >= 11 is 6.13. The summed E-state index contributed by atoms with van der Waals surface area (Å²) in [7, 11) is 0. The third-order valence-electron chi connectivity index (χ3n) is 2.69. The first-order valence-corrected chi connectivity index (χ1v) is 5.55. The first-order valence-electron chi connectivity index (χ1n) is 5.17. The summed E-state index contributed by atoms with van der Waals surface area (Å²) in [5.41, 5.74) is 3.28. The predicted octanol–water partition coefficient (Wildman–Crippen LogP) is 4.49. The first-order chi connectivity index (χ1) is 7.84. The minimum Gasteiger partial charge on any atom is -0.353 e. The Kier molecular flexibility index (Phi) is 2.19. The van der Waals surface area contributed by atoms with Gasteiger partial charge in [0, 0.05) is 11.1 Å². The molecule has 0 bridgehead atoms. The van der Waals surface area contributed by atoms with Crippen LogP contribution in [0.3, 0.4) is 0 Å². The molecule has 0 spiro atoms. The van der Waals surface area contributed by atoms with Crippen LogP contribution >= 0.6 is 11.6 Å². The lowest BCUT2D eigenvalue weighted by atomic mass is 10.1. The highest BCUT2D eigenvalue weighted by atomic mass is 35.5. The molecule has 2 heteroatoms. The molecule has 3 aromatic rings. The molecular weight excluding hydrogens is 218 g/mol. The van der Waals surface area contributed by atoms with Gasteiger partial charge in [0.15, 0.2) is 0 Å². The van der Waals surface area contributed by atoms with Crippen molar-refractivity contribution in [2.45, 2.75) is 0 Å². The minimum absolute atomic E-state index is 0.764. The second-order valence-corrected chi connectivity index (χ2v) is 4.16. The van der Waals surface area contributed by atoms with Crippen molar-refractivity contribution in [1.29, 1.82) is 0 Å². The van der Waals surface area contributed by atoms with Gasteiger partial charge < -0.3 is 4.98 Å². The van der Waals surface area contributed by atoms with Crippen molar-refractivity contribution >= 4 is 22.5 Å². The van der Waals surface area contributed by atoms with Gasteiger partial charge >= 0.3 is 0 Å². The zero-order valence-electron chi connectivity index (χ0n) is 8.57. The summed E-state index contributed by atoms with van der Waals surface area (Å²) in [5, 5.41) is 1.91. The summed E-state index contributed by atoms with van der Waals surface area (Å²) < 4.78 is 0. The third kappa shape index (κ3) is 1.50. The van der Waals surface area contributed by atoms with Crippen molar-refractivity contribution in [2.24, 2.45) is 0 Å². The maximum absolute atomic E-state index is 6.13. The molecule has 0 aliphatic heterocycles. The summed E-state index contributed by atoms with van der Waals surface area (Å²) in [6, 6.07) is 18.3. The first kappa shape index (κ1) is 9.49. The second-order valence-electron chi connectivity index (χ2n) is 3.75. The van der Waals surface area contributed by atoms with Gasteiger partial charge in [0.25, 0.3) is 0 Å². The molecule has 16 heavy (non-hydrogen) atoms. The van der Waals surface area contributed by atoms with Crippen molar-refractivity contribution in [1.82, 2.24) is 4.98 Å². The molecule has 1 aromatic heterocycles. The molecule has 0 radical (unpaired) electrons. The monoisotopic (exact) mass is 227 g/mol. The van der Waals surface area contributed by atoms with Crippen molar-refractivity contribution in [3.8, 4) is 11.3 Å². The number of hydrogen-bond acceptors (Lipinski definition) is 0. The Morgan fingerprint density at radius 2 is 1.69 bits per heavy atom. The van der Waals surface area contributed by atoms with Crippen molar-refractivity contribution in [3.05, 3.63) is 59.6 Å². The molecule has 0 saturated carbocycles. The summed E-state index contributed by atoms with van der Waals surface area (Å²) in [5.74, 6) is 0. The highest BCUT2D eigenvalue weighted by molar-refractivity contribution is 6.35. The van der Waals surface area contributed by atoms with Crippen LogP contribution in [0, 0.1) is 0 Å². The Morgan fingerprint density at radius 3 is 2.44 bits per heavy atom. The smallest absolute Gasteiger partial charge is 0.0648 e. The van der Waals surface area contributed by atoms with Gasteiger partial charge in [-0.25, -0.2) is 0 Å². The number of para-hydroxylation sites is 1. The highest BCUT2D eigenvalue weighted by Crippen LogP contribution is 2.28. The van der Waals surface area contributed by atoms with Crippen molar-refractivity contribution in [2.75, 3.05) is 0 Å². The van der Waals surface area contributed by atoms with Gasteiger partial charge in [-0.1, -0.05) is 54.1 Å². The van der Waals surface area contributed by atoms with E-state index in [4.69, 9.17) is 11.6 Å². The Hall–Kier alpha value is -1.73. The number of benzene rings is 2. The summed E-state index contributed by atoms with van der Waals surface area (Å²) in [6.45, 7) is 0. The average molecular weight is 228 g/mol. The number of hydrogen-bond donors (Lipinski definition) is 1. The third-order valence-corrected chi connectivity index (χ3v) is 3.01. The zero-order valence-corrected chi connectivity index (χ0v) is 9.33. The molecule has 0 amide bonds. The summed E-state index contributed by atoms with van der Waals surface area (Å²) in [4.78, 5) is 3.35. The Bertz CT molecular complexity index is 626. The zero-order chi connectivity index (χ0) is 11.0. The molecular formula is C14H10ClN. The van der Waals surface area contributed by atoms with Crippen LogP contribution in [0.2, 0.25) is 5.02 Å². The molecule has 0 aliphatic carbocycles. The van der Waals surface area contributed by atoms with E-state index in [-0.39, 0.29) is 0 Å². The van der Waals surface area contributed by atoms with Gasteiger partial charge in [0.05, 0.1) is 10.5 Å². The normalized spacial score (nSPS) is 10.8. The molecule has 1 N–H and O–H groups in total. The molecule has 0 fully saturated rings. The fourth-order valence-electron chi connectivity index (χ4n) is 1.89. The van der Waals surface area contributed by atoms with Crippen LogP contribution in [0.25, 0.3) is 22.2 Å². The van der Waals surface area contributed by atoms with E-state index in [2.05, 4.69) is 29.2 Å². The minimum atomic E-state index is 0.764. The van der Waals surface area contributed by atoms with E-state index in [0.717, 1.165) is 21.6 Å². The van der Waals surface area contributed by atoms with E-state index < -0.39 is 0 Å². The van der Waals surface area contributed by atoms with Crippen LogP contribution in [-0.4, -0.2) is 4.98 Å². The van der Waals surface area contributed by atoms with E-state index in [0.29, 0.717) is 0 Å². The maximum atomic E-state index is 6.13. The van der Waals surface area contributed by atoms with Crippen molar-refractivity contribution in [3.63, 3.8) is 0 Å². The molecule has 0 aliphatic rings. The number of nitrogens with one attached hydrogen (secondary N) is 1. The number of fused-ring (bicyclic) bond motifs is 1. The fraction of sp³-hybridized carbons (Fsp3) is 0. The van der Waals surface area contributed by atoms with Crippen LogP contribution in [-0.2, 0) is 0 Å². The molecule has 1 heterocycles. The quantitative estimate of drug-likeness (QED) is 0.631. The van der Waals surface area contributed by atoms with Gasteiger partial charge in [-0.05, 0) is 17.7 Å². The molecule has 0 saturated heterocycles. The van der Waals surface area contributed by atoms with Gasteiger partial charge in [0.1, 0.15) is 0 Å². The SMILES string of the molecule is Clc1cccc2cc(-c3ccccc3)[nH]c12. The van der Waals surface area contributed by atoms with Crippen molar-refractivity contribution < 1.29 is 0 Å². The maximum Gasteiger partial charge on any atom is 0.0648 e. The average Bonchev–Trinajstić information content (AvgIpc) is 2.76. The van der Waals surface area contributed by atoms with Gasteiger partial charge in [-0.15, -0.1) is 0 Å². The fourth-order valence-corrected chi connectivity index (χ4v) is 2.12. The van der Waals surface area contributed by atoms with Gasteiger partial charge in [-0.2, -0.15) is 0 Å². The Balaban J connectivity index is 2.23. The number of halogens is 1.